The Morgan fingerprint density at radius 3 is 2.60 bits per heavy atom. The van der Waals surface area contributed by atoms with Crippen molar-refractivity contribution in [2.24, 2.45) is 0 Å². The first kappa shape index (κ1) is 16.0. The number of amides is 2. The molecule has 0 fully saturated rings. The van der Waals surface area contributed by atoms with E-state index in [9.17, 15) is 9.59 Å². The van der Waals surface area contributed by atoms with Gasteiger partial charge >= 0.3 is 0 Å². The number of anilines is 2. The molecular formula is C15H23N3O2. The van der Waals surface area contributed by atoms with Crippen LogP contribution in [-0.4, -0.2) is 24.9 Å². The van der Waals surface area contributed by atoms with E-state index in [1.807, 2.05) is 24.3 Å². The maximum Gasteiger partial charge on any atom is 0.221 e. The fourth-order valence-electron chi connectivity index (χ4n) is 1.72. The first-order valence-corrected chi connectivity index (χ1v) is 7.00. The lowest BCUT2D eigenvalue weighted by molar-refractivity contribution is -0.120. The topological polar surface area (TPSA) is 70.2 Å². The van der Waals surface area contributed by atoms with Crippen molar-refractivity contribution in [1.29, 1.82) is 0 Å². The summed E-state index contributed by atoms with van der Waals surface area (Å²) in [5, 5.41) is 8.76. The molecule has 1 aromatic rings. The minimum Gasteiger partial charge on any atom is -0.384 e. The molecule has 0 aliphatic heterocycles. The molecule has 0 aromatic heterocycles. The van der Waals surface area contributed by atoms with Crippen molar-refractivity contribution in [2.45, 2.75) is 33.1 Å². The first-order valence-electron chi connectivity index (χ1n) is 7.00. The van der Waals surface area contributed by atoms with Crippen LogP contribution in [0, 0.1) is 0 Å². The molecule has 0 saturated heterocycles. The van der Waals surface area contributed by atoms with Gasteiger partial charge in [-0.15, -0.1) is 0 Å². The zero-order valence-electron chi connectivity index (χ0n) is 12.2. The third-order valence-electron chi connectivity index (χ3n) is 2.72. The summed E-state index contributed by atoms with van der Waals surface area (Å²) in [6.45, 7) is 4.88. The molecule has 5 heteroatoms. The molecule has 0 aliphatic rings. The van der Waals surface area contributed by atoms with Crippen molar-refractivity contribution in [2.75, 3.05) is 23.7 Å². The summed E-state index contributed by atoms with van der Waals surface area (Å²) in [6, 6.07) is 7.43. The third kappa shape index (κ3) is 6.78. The van der Waals surface area contributed by atoms with Crippen LogP contribution >= 0.6 is 0 Å². The Balaban J connectivity index is 2.31. The van der Waals surface area contributed by atoms with Crippen LogP contribution in [0.25, 0.3) is 0 Å². The zero-order valence-corrected chi connectivity index (χ0v) is 12.2. The Morgan fingerprint density at radius 2 is 1.90 bits per heavy atom. The number of nitrogens with one attached hydrogen (secondary N) is 3. The normalized spacial score (nSPS) is 9.90. The molecule has 20 heavy (non-hydrogen) atoms. The van der Waals surface area contributed by atoms with Crippen LogP contribution < -0.4 is 16.0 Å². The molecule has 0 heterocycles. The molecule has 0 atom stereocenters. The highest BCUT2D eigenvalue weighted by Gasteiger charge is 2.01. The van der Waals surface area contributed by atoms with Crippen LogP contribution in [0.2, 0.25) is 0 Å². The van der Waals surface area contributed by atoms with Gasteiger partial charge in [-0.3, -0.25) is 9.59 Å². The Bertz CT molecular complexity index is 446. The maximum atomic E-state index is 11.5. The number of hydrogen-bond donors (Lipinski definition) is 3. The van der Waals surface area contributed by atoms with Gasteiger partial charge in [0, 0.05) is 37.8 Å². The molecule has 2 amide bonds. The number of carbonyl (C=O) groups excluding carboxylic acids is 2. The Labute approximate surface area is 120 Å². The number of benzene rings is 1. The second kappa shape index (κ2) is 8.96. The van der Waals surface area contributed by atoms with E-state index >= 15 is 0 Å². The lowest BCUT2D eigenvalue weighted by Gasteiger charge is -2.09. The maximum absolute atomic E-state index is 11.5. The predicted molar refractivity (Wildman–Crippen MR) is 81.8 cm³/mol. The lowest BCUT2D eigenvalue weighted by Crippen LogP contribution is -2.26. The zero-order chi connectivity index (χ0) is 14.8. The van der Waals surface area contributed by atoms with Gasteiger partial charge in [0.05, 0.1) is 0 Å². The van der Waals surface area contributed by atoms with Gasteiger partial charge in [-0.2, -0.15) is 0 Å². The summed E-state index contributed by atoms with van der Waals surface area (Å²) >= 11 is 0. The molecule has 5 nitrogen and oxygen atoms in total. The quantitative estimate of drug-likeness (QED) is 0.639. The highest BCUT2D eigenvalue weighted by molar-refractivity contribution is 5.89. The van der Waals surface area contributed by atoms with E-state index in [0.717, 1.165) is 30.8 Å². The number of rotatable bonds is 8. The molecule has 0 aliphatic carbocycles. The smallest absolute Gasteiger partial charge is 0.221 e. The van der Waals surface area contributed by atoms with Gasteiger partial charge < -0.3 is 16.0 Å². The van der Waals surface area contributed by atoms with Crippen molar-refractivity contribution in [3.63, 3.8) is 0 Å². The van der Waals surface area contributed by atoms with Gasteiger partial charge in [-0.25, -0.2) is 0 Å². The SMILES string of the molecule is CCCCNC(=O)CCNc1cccc(NC(C)=O)c1. The van der Waals surface area contributed by atoms with E-state index in [1.165, 1.54) is 6.92 Å². The van der Waals surface area contributed by atoms with Crippen molar-refractivity contribution in [1.82, 2.24) is 5.32 Å². The fraction of sp³-hybridized carbons (Fsp3) is 0.467. The summed E-state index contributed by atoms with van der Waals surface area (Å²) < 4.78 is 0. The van der Waals surface area contributed by atoms with Gasteiger partial charge in [-0.05, 0) is 24.6 Å². The molecule has 1 rings (SSSR count). The lowest BCUT2D eigenvalue weighted by atomic mass is 10.2. The largest absolute Gasteiger partial charge is 0.384 e. The summed E-state index contributed by atoms with van der Waals surface area (Å²) in [7, 11) is 0. The average molecular weight is 277 g/mol. The van der Waals surface area contributed by atoms with Crippen LogP contribution in [0.5, 0.6) is 0 Å². The van der Waals surface area contributed by atoms with E-state index in [4.69, 9.17) is 0 Å². The first-order chi connectivity index (χ1) is 9.61. The average Bonchev–Trinajstić information content (AvgIpc) is 2.39. The molecule has 0 unspecified atom stereocenters. The Hall–Kier alpha value is -2.04. The van der Waals surface area contributed by atoms with Gasteiger partial charge in [0.1, 0.15) is 0 Å². The Kier molecular flexibility index (Phi) is 7.17. The van der Waals surface area contributed by atoms with Crippen LogP contribution in [0.1, 0.15) is 33.1 Å². The Morgan fingerprint density at radius 1 is 1.15 bits per heavy atom. The highest BCUT2D eigenvalue weighted by Crippen LogP contribution is 2.14. The second-order valence-electron chi connectivity index (χ2n) is 4.64. The third-order valence-corrected chi connectivity index (χ3v) is 2.72. The van der Waals surface area contributed by atoms with Crippen molar-refractivity contribution in [3.05, 3.63) is 24.3 Å². The van der Waals surface area contributed by atoms with Crippen LogP contribution in [0.15, 0.2) is 24.3 Å². The summed E-state index contributed by atoms with van der Waals surface area (Å²) in [5.41, 5.74) is 1.63. The van der Waals surface area contributed by atoms with E-state index < -0.39 is 0 Å². The summed E-state index contributed by atoms with van der Waals surface area (Å²) in [6.07, 6.45) is 2.53. The van der Waals surface area contributed by atoms with E-state index in [0.29, 0.717) is 13.0 Å². The molecule has 0 radical (unpaired) electrons. The molecule has 0 saturated carbocycles. The highest BCUT2D eigenvalue weighted by atomic mass is 16.2. The molecule has 3 N–H and O–H groups in total. The van der Waals surface area contributed by atoms with Gasteiger partial charge in [0.15, 0.2) is 0 Å². The van der Waals surface area contributed by atoms with E-state index in [-0.39, 0.29) is 11.8 Å². The number of carbonyl (C=O) groups is 2. The van der Waals surface area contributed by atoms with E-state index in [2.05, 4.69) is 22.9 Å². The molecule has 0 spiro atoms. The monoisotopic (exact) mass is 277 g/mol. The fourth-order valence-corrected chi connectivity index (χ4v) is 1.72. The molecule has 110 valence electrons. The standard InChI is InChI=1S/C15H23N3O2/c1-3-4-9-17-15(20)8-10-16-13-6-5-7-14(11-13)18-12(2)19/h5-7,11,16H,3-4,8-10H2,1-2H3,(H,17,20)(H,18,19). The molecule has 0 bridgehead atoms. The van der Waals surface area contributed by atoms with Gasteiger partial charge in [0.25, 0.3) is 0 Å². The second-order valence-corrected chi connectivity index (χ2v) is 4.64. The van der Waals surface area contributed by atoms with Crippen molar-refractivity contribution >= 4 is 23.2 Å². The molecular weight excluding hydrogens is 254 g/mol. The summed E-state index contributed by atoms with van der Waals surface area (Å²) in [5.74, 6) is -0.0404. The minimum atomic E-state index is -0.0996. The molecule has 1 aromatic carbocycles. The van der Waals surface area contributed by atoms with Crippen LogP contribution in [-0.2, 0) is 9.59 Å². The predicted octanol–water partition coefficient (Wildman–Crippen LogP) is 2.36. The minimum absolute atomic E-state index is 0.0592. The van der Waals surface area contributed by atoms with Gasteiger partial charge in [0.2, 0.25) is 11.8 Å². The van der Waals surface area contributed by atoms with Crippen molar-refractivity contribution < 1.29 is 9.59 Å². The van der Waals surface area contributed by atoms with Crippen LogP contribution in [0.3, 0.4) is 0 Å². The van der Waals surface area contributed by atoms with Crippen molar-refractivity contribution in [3.8, 4) is 0 Å². The van der Waals surface area contributed by atoms with E-state index in [1.54, 1.807) is 0 Å². The number of hydrogen-bond acceptors (Lipinski definition) is 3. The number of unbranched alkanes of at least 4 members (excludes halogenated alkanes) is 1. The van der Waals surface area contributed by atoms with Crippen LogP contribution in [0.4, 0.5) is 11.4 Å². The summed E-state index contributed by atoms with van der Waals surface area (Å²) in [4.78, 5) is 22.5. The van der Waals surface area contributed by atoms with Gasteiger partial charge in [-0.1, -0.05) is 19.4 Å².